The highest BCUT2D eigenvalue weighted by atomic mass is 16.6. The summed E-state index contributed by atoms with van der Waals surface area (Å²) in [5, 5.41) is 0. The van der Waals surface area contributed by atoms with Crippen LogP contribution in [-0.4, -0.2) is 14.2 Å². The van der Waals surface area contributed by atoms with E-state index in [2.05, 4.69) is 24.3 Å². The molecule has 2 aliphatic rings. The molecular weight excluding hydrogens is 400 g/mol. The number of methoxy groups -OCH3 is 2. The molecule has 4 aromatic carbocycles. The van der Waals surface area contributed by atoms with E-state index in [1.165, 1.54) is 0 Å². The van der Waals surface area contributed by atoms with Crippen LogP contribution in [0.25, 0.3) is 0 Å². The van der Waals surface area contributed by atoms with Gasteiger partial charge in [-0.25, -0.2) is 0 Å². The van der Waals surface area contributed by atoms with Gasteiger partial charge in [0.25, 0.3) is 0 Å². The standard InChI is InChI=1S/C28H22O4/c1-29-23-15-7-3-11-19(23)27-21-13-5-9-17-25(21)32-28(27,20-12-4-8-16-24(20)30-2)22-14-6-10-18-26(22)31-27/h3-18H,1-2H3. The van der Waals surface area contributed by atoms with Crippen molar-refractivity contribution in [3.8, 4) is 23.0 Å². The topological polar surface area (TPSA) is 36.9 Å². The Labute approximate surface area is 187 Å². The summed E-state index contributed by atoms with van der Waals surface area (Å²) in [6.07, 6.45) is 0. The summed E-state index contributed by atoms with van der Waals surface area (Å²) in [5.41, 5.74) is 1.69. The Hall–Kier alpha value is -3.92. The van der Waals surface area contributed by atoms with Gasteiger partial charge in [0.05, 0.1) is 14.2 Å². The Morgan fingerprint density at radius 2 is 0.812 bits per heavy atom. The largest absolute Gasteiger partial charge is 0.496 e. The van der Waals surface area contributed by atoms with E-state index in [9.17, 15) is 0 Å². The predicted octanol–water partition coefficient (Wildman–Crippen LogP) is 5.68. The molecule has 2 unspecified atom stereocenters. The van der Waals surface area contributed by atoms with Crippen molar-refractivity contribution in [1.29, 1.82) is 0 Å². The Bertz CT molecular complexity index is 1230. The van der Waals surface area contributed by atoms with E-state index < -0.39 is 11.2 Å². The zero-order valence-electron chi connectivity index (χ0n) is 17.9. The first-order valence-corrected chi connectivity index (χ1v) is 10.6. The molecule has 0 bridgehead atoms. The zero-order valence-corrected chi connectivity index (χ0v) is 17.9. The van der Waals surface area contributed by atoms with Crippen LogP contribution in [0.1, 0.15) is 22.3 Å². The number of para-hydroxylation sites is 4. The normalized spacial score (nSPS) is 22.2. The first-order chi connectivity index (χ1) is 15.8. The van der Waals surface area contributed by atoms with Crippen molar-refractivity contribution in [1.82, 2.24) is 0 Å². The van der Waals surface area contributed by atoms with Crippen LogP contribution in [0.15, 0.2) is 97.1 Å². The summed E-state index contributed by atoms with van der Waals surface area (Å²) in [4.78, 5) is 0. The average Bonchev–Trinajstić information content (AvgIpc) is 3.31. The minimum absolute atomic E-state index is 0.736. The van der Waals surface area contributed by atoms with Crippen LogP contribution in [0.5, 0.6) is 23.0 Å². The van der Waals surface area contributed by atoms with Crippen molar-refractivity contribution in [2.24, 2.45) is 0 Å². The van der Waals surface area contributed by atoms with Gasteiger partial charge in [0, 0.05) is 22.3 Å². The maximum atomic E-state index is 6.97. The van der Waals surface area contributed by atoms with Crippen LogP contribution in [0.2, 0.25) is 0 Å². The van der Waals surface area contributed by atoms with Crippen molar-refractivity contribution >= 4 is 0 Å². The number of benzene rings is 4. The minimum atomic E-state index is -1.01. The average molecular weight is 422 g/mol. The molecule has 2 atom stereocenters. The maximum absolute atomic E-state index is 6.97. The van der Waals surface area contributed by atoms with Crippen molar-refractivity contribution in [3.63, 3.8) is 0 Å². The summed E-state index contributed by atoms with van der Waals surface area (Å²) in [7, 11) is 3.37. The van der Waals surface area contributed by atoms with Crippen LogP contribution in [0.3, 0.4) is 0 Å². The van der Waals surface area contributed by atoms with Gasteiger partial charge in [-0.15, -0.1) is 0 Å². The Kier molecular flexibility index (Phi) is 3.99. The molecule has 0 fully saturated rings. The third-order valence-corrected chi connectivity index (χ3v) is 6.53. The van der Waals surface area contributed by atoms with E-state index in [0.717, 1.165) is 45.3 Å². The van der Waals surface area contributed by atoms with Crippen molar-refractivity contribution in [2.45, 2.75) is 11.2 Å². The fourth-order valence-electron chi connectivity index (χ4n) is 5.31. The molecule has 0 N–H and O–H groups in total. The van der Waals surface area contributed by atoms with Gasteiger partial charge in [0.15, 0.2) is 0 Å². The molecule has 32 heavy (non-hydrogen) atoms. The van der Waals surface area contributed by atoms with Crippen LogP contribution in [-0.2, 0) is 11.2 Å². The Morgan fingerprint density at radius 3 is 1.22 bits per heavy atom. The van der Waals surface area contributed by atoms with Crippen LogP contribution in [0, 0.1) is 0 Å². The molecule has 2 aliphatic heterocycles. The second-order valence-corrected chi connectivity index (χ2v) is 7.96. The monoisotopic (exact) mass is 422 g/mol. The number of rotatable bonds is 4. The summed E-state index contributed by atoms with van der Waals surface area (Å²) in [6, 6.07) is 32.1. The van der Waals surface area contributed by atoms with Gasteiger partial charge < -0.3 is 18.9 Å². The van der Waals surface area contributed by atoms with Crippen molar-refractivity contribution < 1.29 is 18.9 Å². The first-order valence-electron chi connectivity index (χ1n) is 10.6. The van der Waals surface area contributed by atoms with Gasteiger partial charge in [0.1, 0.15) is 23.0 Å². The summed E-state index contributed by atoms with van der Waals surface area (Å²) in [6.45, 7) is 0. The van der Waals surface area contributed by atoms with Gasteiger partial charge in [-0.3, -0.25) is 0 Å². The second-order valence-electron chi connectivity index (χ2n) is 7.96. The lowest BCUT2D eigenvalue weighted by molar-refractivity contribution is -0.0171. The summed E-state index contributed by atoms with van der Waals surface area (Å²) in [5.74, 6) is 3.03. The lowest BCUT2D eigenvalue weighted by Crippen LogP contribution is -2.50. The molecule has 0 spiro atoms. The molecule has 158 valence electrons. The van der Waals surface area contributed by atoms with Gasteiger partial charge in [-0.1, -0.05) is 72.8 Å². The van der Waals surface area contributed by atoms with Crippen LogP contribution < -0.4 is 18.9 Å². The molecule has 0 saturated heterocycles. The second kappa shape index (κ2) is 6.79. The Morgan fingerprint density at radius 1 is 0.469 bits per heavy atom. The third kappa shape index (κ3) is 2.16. The van der Waals surface area contributed by atoms with E-state index in [4.69, 9.17) is 18.9 Å². The third-order valence-electron chi connectivity index (χ3n) is 6.53. The minimum Gasteiger partial charge on any atom is -0.496 e. The predicted molar refractivity (Wildman–Crippen MR) is 122 cm³/mol. The molecule has 0 amide bonds. The summed E-state index contributed by atoms with van der Waals surface area (Å²) < 4.78 is 25.6. The molecule has 4 heteroatoms. The number of hydrogen-bond donors (Lipinski definition) is 0. The summed E-state index contributed by atoms with van der Waals surface area (Å²) >= 11 is 0. The highest BCUT2D eigenvalue weighted by Crippen LogP contribution is 2.68. The van der Waals surface area contributed by atoms with E-state index >= 15 is 0 Å². The molecule has 4 nitrogen and oxygen atoms in total. The zero-order chi connectivity index (χ0) is 21.8. The highest BCUT2D eigenvalue weighted by molar-refractivity contribution is 5.69. The highest BCUT2D eigenvalue weighted by Gasteiger charge is 2.71. The lowest BCUT2D eigenvalue weighted by atomic mass is 9.69. The van der Waals surface area contributed by atoms with Crippen LogP contribution in [0.4, 0.5) is 0 Å². The number of ether oxygens (including phenoxy) is 4. The fraction of sp³-hybridized carbons (Fsp3) is 0.143. The lowest BCUT2D eigenvalue weighted by Gasteiger charge is -2.39. The molecule has 2 heterocycles. The fourth-order valence-corrected chi connectivity index (χ4v) is 5.31. The molecular formula is C28H22O4. The van der Waals surface area contributed by atoms with Gasteiger partial charge in [-0.05, 0) is 24.3 Å². The SMILES string of the molecule is COc1ccccc1C12Oc3ccccc3C1(c1ccccc1OC)Oc1ccccc12. The quantitative estimate of drug-likeness (QED) is 0.424. The smallest absolute Gasteiger partial charge is 0.214 e. The van der Waals surface area contributed by atoms with Crippen LogP contribution >= 0.6 is 0 Å². The molecule has 6 rings (SSSR count). The van der Waals surface area contributed by atoms with Gasteiger partial charge >= 0.3 is 0 Å². The molecule has 0 radical (unpaired) electrons. The maximum Gasteiger partial charge on any atom is 0.214 e. The van der Waals surface area contributed by atoms with E-state index in [-0.39, 0.29) is 0 Å². The van der Waals surface area contributed by atoms with Gasteiger partial charge in [0.2, 0.25) is 11.2 Å². The van der Waals surface area contributed by atoms with Crippen molar-refractivity contribution in [2.75, 3.05) is 14.2 Å². The first kappa shape index (κ1) is 18.8. The number of hydrogen-bond acceptors (Lipinski definition) is 4. The van der Waals surface area contributed by atoms with Crippen molar-refractivity contribution in [3.05, 3.63) is 119 Å². The van der Waals surface area contributed by atoms with E-state index in [0.29, 0.717) is 0 Å². The van der Waals surface area contributed by atoms with E-state index in [1.807, 2.05) is 72.8 Å². The van der Waals surface area contributed by atoms with E-state index in [1.54, 1.807) is 14.2 Å². The molecule has 0 saturated carbocycles. The van der Waals surface area contributed by atoms with Gasteiger partial charge in [-0.2, -0.15) is 0 Å². The number of fused-ring (bicyclic) bond motifs is 5. The Balaban J connectivity index is 1.81. The molecule has 0 aromatic heterocycles. The molecule has 4 aromatic rings. The molecule has 0 aliphatic carbocycles.